The molecule has 0 bridgehead atoms. The molecule has 0 aliphatic rings. The van der Waals surface area contributed by atoms with Crippen LogP contribution in [0, 0.1) is 0 Å². The molecular weight excluding hydrogens is 286 g/mol. The van der Waals surface area contributed by atoms with Gasteiger partial charge in [0.05, 0.1) is 5.69 Å². The van der Waals surface area contributed by atoms with Crippen LogP contribution < -0.4 is 16.6 Å². The summed E-state index contributed by atoms with van der Waals surface area (Å²) in [5.41, 5.74) is -0.184. The summed E-state index contributed by atoms with van der Waals surface area (Å²) in [4.78, 5) is 47.9. The third-order valence-corrected chi connectivity index (χ3v) is 3.06. The lowest BCUT2D eigenvalue weighted by atomic mass is 10.1. The van der Waals surface area contributed by atoms with E-state index in [1.54, 1.807) is 24.3 Å². The number of aryl methyl sites for hydroxylation is 1. The highest BCUT2D eigenvalue weighted by molar-refractivity contribution is 6.03. The number of para-hydroxylation sites is 1. The summed E-state index contributed by atoms with van der Waals surface area (Å²) in [5.74, 6) is -0.473. The van der Waals surface area contributed by atoms with E-state index in [4.69, 9.17) is 0 Å². The highest BCUT2D eigenvalue weighted by Gasteiger charge is 2.09. The number of anilines is 1. The van der Waals surface area contributed by atoms with Crippen molar-refractivity contribution >= 4 is 17.4 Å². The second kappa shape index (κ2) is 6.66. The highest BCUT2D eigenvalue weighted by Crippen LogP contribution is 2.15. The number of carbonyl (C=O) groups excluding carboxylic acids is 2. The molecule has 22 heavy (non-hydrogen) atoms. The molecule has 2 rings (SSSR count). The zero-order valence-corrected chi connectivity index (χ0v) is 12.0. The maximum Gasteiger partial charge on any atom is 0.328 e. The molecule has 114 valence electrons. The van der Waals surface area contributed by atoms with Gasteiger partial charge >= 0.3 is 5.69 Å². The van der Waals surface area contributed by atoms with Gasteiger partial charge in [-0.2, -0.15) is 0 Å². The lowest BCUT2D eigenvalue weighted by molar-refractivity contribution is -0.116. The number of benzene rings is 1. The van der Waals surface area contributed by atoms with E-state index in [9.17, 15) is 19.2 Å². The Bertz CT molecular complexity index is 820. The van der Waals surface area contributed by atoms with Gasteiger partial charge < -0.3 is 9.88 Å². The molecule has 0 saturated carbocycles. The van der Waals surface area contributed by atoms with Gasteiger partial charge in [-0.25, -0.2) is 4.79 Å². The van der Waals surface area contributed by atoms with Crippen LogP contribution >= 0.6 is 0 Å². The average molecular weight is 301 g/mol. The van der Waals surface area contributed by atoms with Crippen molar-refractivity contribution in [1.29, 1.82) is 0 Å². The van der Waals surface area contributed by atoms with Gasteiger partial charge in [0.2, 0.25) is 5.91 Å². The number of carbonyl (C=O) groups is 2. The van der Waals surface area contributed by atoms with Crippen LogP contribution in [0.3, 0.4) is 0 Å². The summed E-state index contributed by atoms with van der Waals surface area (Å²) in [6.45, 7) is 1.55. The fourth-order valence-corrected chi connectivity index (χ4v) is 1.95. The first-order valence-electron chi connectivity index (χ1n) is 6.67. The molecule has 7 heteroatoms. The topological polar surface area (TPSA) is 101 Å². The van der Waals surface area contributed by atoms with Crippen LogP contribution in [0.15, 0.2) is 46.1 Å². The van der Waals surface area contributed by atoms with Gasteiger partial charge in [0.15, 0.2) is 5.78 Å². The minimum absolute atomic E-state index is 0.0399. The number of nitrogens with zero attached hydrogens (tertiary/aromatic N) is 1. The third-order valence-electron chi connectivity index (χ3n) is 3.06. The maximum absolute atomic E-state index is 11.9. The minimum Gasteiger partial charge on any atom is -0.325 e. The summed E-state index contributed by atoms with van der Waals surface area (Å²) >= 11 is 0. The molecule has 0 saturated heterocycles. The van der Waals surface area contributed by atoms with Gasteiger partial charge in [0.1, 0.15) is 0 Å². The van der Waals surface area contributed by atoms with Crippen LogP contribution in [-0.4, -0.2) is 21.2 Å². The van der Waals surface area contributed by atoms with Crippen molar-refractivity contribution in [3.05, 3.63) is 62.9 Å². The third kappa shape index (κ3) is 3.78. The lowest BCUT2D eigenvalue weighted by Gasteiger charge is -2.09. The second-order valence-corrected chi connectivity index (χ2v) is 4.70. The van der Waals surface area contributed by atoms with Crippen molar-refractivity contribution in [3.8, 4) is 0 Å². The molecule has 2 aromatic rings. The maximum atomic E-state index is 11.9. The Labute approximate surface area is 125 Å². The molecule has 0 unspecified atom stereocenters. The number of H-pyrrole nitrogens is 1. The standard InChI is InChI=1S/C15H15N3O4/c1-10(19)11-4-2-3-5-12(11)16-13(20)6-8-18-9-7-14(21)17-15(18)22/h2-5,7,9H,6,8H2,1H3,(H,16,20)(H,17,21,22). The lowest BCUT2D eigenvalue weighted by Crippen LogP contribution is -2.29. The van der Waals surface area contributed by atoms with Crippen LogP contribution in [0.4, 0.5) is 5.69 Å². The van der Waals surface area contributed by atoms with Crippen LogP contribution in [0.2, 0.25) is 0 Å². The Morgan fingerprint density at radius 3 is 2.59 bits per heavy atom. The number of nitrogens with one attached hydrogen (secondary N) is 2. The van der Waals surface area contributed by atoms with Crippen LogP contribution in [-0.2, 0) is 11.3 Å². The van der Waals surface area contributed by atoms with E-state index >= 15 is 0 Å². The summed E-state index contributed by atoms with van der Waals surface area (Å²) < 4.78 is 1.23. The van der Waals surface area contributed by atoms with E-state index in [0.29, 0.717) is 11.3 Å². The molecule has 7 nitrogen and oxygen atoms in total. The van der Waals surface area contributed by atoms with E-state index in [1.807, 2.05) is 0 Å². The zero-order valence-electron chi connectivity index (χ0n) is 12.0. The molecule has 1 amide bonds. The number of amides is 1. The van der Waals surface area contributed by atoms with Crippen molar-refractivity contribution < 1.29 is 9.59 Å². The fourth-order valence-electron chi connectivity index (χ4n) is 1.95. The molecule has 1 aromatic heterocycles. The predicted molar refractivity (Wildman–Crippen MR) is 81.0 cm³/mol. The summed E-state index contributed by atoms with van der Waals surface area (Å²) in [7, 11) is 0. The highest BCUT2D eigenvalue weighted by atomic mass is 16.2. The van der Waals surface area contributed by atoms with Crippen molar-refractivity contribution in [2.75, 3.05) is 5.32 Å². The van der Waals surface area contributed by atoms with E-state index in [2.05, 4.69) is 10.3 Å². The molecule has 2 N–H and O–H groups in total. The van der Waals surface area contributed by atoms with Crippen molar-refractivity contribution in [1.82, 2.24) is 9.55 Å². The number of aromatic nitrogens is 2. The molecule has 1 heterocycles. The summed E-state index contributed by atoms with van der Waals surface area (Å²) in [5, 5.41) is 2.65. The molecule has 0 radical (unpaired) electrons. The van der Waals surface area contributed by atoms with Crippen LogP contribution in [0.5, 0.6) is 0 Å². The first kappa shape index (κ1) is 15.4. The Kier molecular flexibility index (Phi) is 4.67. The molecule has 0 aliphatic carbocycles. The van der Waals surface area contributed by atoms with Crippen molar-refractivity contribution in [2.45, 2.75) is 19.9 Å². The first-order valence-corrected chi connectivity index (χ1v) is 6.67. The Morgan fingerprint density at radius 2 is 1.91 bits per heavy atom. The van der Waals surface area contributed by atoms with Gasteiger partial charge in [0, 0.05) is 30.8 Å². The van der Waals surface area contributed by atoms with Gasteiger partial charge in [-0.15, -0.1) is 0 Å². The Hall–Kier alpha value is -2.96. The van der Waals surface area contributed by atoms with E-state index in [0.717, 1.165) is 0 Å². The average Bonchev–Trinajstić information content (AvgIpc) is 2.46. The second-order valence-electron chi connectivity index (χ2n) is 4.70. The van der Waals surface area contributed by atoms with E-state index in [-0.39, 0.29) is 24.7 Å². The van der Waals surface area contributed by atoms with Crippen LogP contribution in [0.1, 0.15) is 23.7 Å². The quantitative estimate of drug-likeness (QED) is 0.796. The molecular formula is C15H15N3O4. The molecule has 0 spiro atoms. The van der Waals surface area contributed by atoms with E-state index < -0.39 is 11.2 Å². The summed E-state index contributed by atoms with van der Waals surface area (Å²) in [6, 6.07) is 7.91. The number of aromatic amines is 1. The largest absolute Gasteiger partial charge is 0.328 e. The fraction of sp³-hybridized carbons (Fsp3) is 0.200. The van der Waals surface area contributed by atoms with Gasteiger partial charge in [-0.1, -0.05) is 12.1 Å². The normalized spacial score (nSPS) is 10.2. The Balaban J connectivity index is 2.03. The number of Topliss-reactive ketones (excluding diaryl/α,β-unsaturated/α-hetero) is 1. The SMILES string of the molecule is CC(=O)c1ccccc1NC(=O)CCn1ccc(=O)[nH]c1=O. The minimum atomic E-state index is -0.565. The Morgan fingerprint density at radius 1 is 1.18 bits per heavy atom. The van der Waals surface area contributed by atoms with Gasteiger partial charge in [-0.3, -0.25) is 19.4 Å². The molecule has 0 fully saturated rings. The van der Waals surface area contributed by atoms with Gasteiger partial charge in [0.25, 0.3) is 5.56 Å². The first-order chi connectivity index (χ1) is 10.5. The van der Waals surface area contributed by atoms with E-state index in [1.165, 1.54) is 23.8 Å². The van der Waals surface area contributed by atoms with Gasteiger partial charge in [-0.05, 0) is 19.1 Å². The summed E-state index contributed by atoms with van der Waals surface area (Å²) in [6.07, 6.45) is 1.37. The number of hydrogen-bond acceptors (Lipinski definition) is 4. The number of rotatable bonds is 5. The molecule has 0 atom stereocenters. The van der Waals surface area contributed by atoms with Crippen molar-refractivity contribution in [3.63, 3.8) is 0 Å². The zero-order chi connectivity index (χ0) is 16.1. The van der Waals surface area contributed by atoms with Crippen LogP contribution in [0.25, 0.3) is 0 Å². The van der Waals surface area contributed by atoms with Crippen molar-refractivity contribution in [2.24, 2.45) is 0 Å². The predicted octanol–water partition coefficient (Wildman–Crippen LogP) is 0.768. The molecule has 1 aromatic carbocycles. The smallest absolute Gasteiger partial charge is 0.325 e. The number of ketones is 1. The monoisotopic (exact) mass is 301 g/mol. The number of hydrogen-bond donors (Lipinski definition) is 2. The molecule has 0 aliphatic heterocycles.